The van der Waals surface area contributed by atoms with Crippen LogP contribution in [-0.2, 0) is 0 Å². The van der Waals surface area contributed by atoms with Crippen LogP contribution in [0.15, 0.2) is 0 Å². The molecular formula is CH3MgO3P. The summed E-state index contributed by atoms with van der Waals surface area (Å²) in [5.74, 6) is 0. The minimum atomic E-state index is -2.33. The number of hydrogen-bond donors (Lipinski definition) is 0. The number of carbonyl (C=O) groups excluding carboxylic acids is 1. The minimum absolute atomic E-state index is 0. The Hall–Kier alpha value is 0.466. The van der Waals surface area contributed by atoms with E-state index in [1.165, 1.54) is 0 Å². The van der Waals surface area contributed by atoms with Gasteiger partial charge in [-0.1, -0.05) is 0 Å². The predicted molar refractivity (Wildman–Crippen MR) is 22.3 cm³/mol. The van der Waals surface area contributed by atoms with Gasteiger partial charge in [-0.05, 0) is 6.16 Å². The van der Waals surface area contributed by atoms with Gasteiger partial charge in [-0.25, -0.2) is 0 Å². The van der Waals surface area contributed by atoms with Crippen molar-refractivity contribution in [1.82, 2.24) is 0 Å². The maximum absolute atomic E-state index is 8.33. The number of carbonyl (C=O) groups is 1. The van der Waals surface area contributed by atoms with Crippen LogP contribution >= 0.6 is 9.90 Å². The Kier molecular flexibility index (Phi) is 24.3. The van der Waals surface area contributed by atoms with Crippen LogP contribution < -0.4 is 10.2 Å². The van der Waals surface area contributed by atoms with Crippen LogP contribution in [0.2, 0.25) is 0 Å². The maximum Gasteiger partial charge on any atom is 2.00 e. The van der Waals surface area contributed by atoms with Crippen molar-refractivity contribution in [2.24, 2.45) is 0 Å². The van der Waals surface area contributed by atoms with Crippen molar-refractivity contribution in [2.75, 3.05) is 0 Å². The molecule has 0 aromatic rings. The molecule has 0 bridgehead atoms. The van der Waals surface area contributed by atoms with E-state index in [0.29, 0.717) is 0 Å². The molecule has 1 atom stereocenters. The van der Waals surface area contributed by atoms with Gasteiger partial charge in [0.05, 0.1) is 0 Å². The van der Waals surface area contributed by atoms with Gasteiger partial charge in [-0.15, -0.1) is 0 Å². The second kappa shape index (κ2) is 9.08. The molecule has 0 spiro atoms. The molecule has 0 rings (SSSR count). The van der Waals surface area contributed by atoms with Crippen LogP contribution in [0.3, 0.4) is 0 Å². The molecule has 6 heavy (non-hydrogen) atoms. The molecule has 5 heteroatoms. The van der Waals surface area contributed by atoms with E-state index in [2.05, 4.69) is 0 Å². The van der Waals surface area contributed by atoms with E-state index in [-0.39, 0.29) is 33.0 Å². The number of hydrogen-bond acceptors (Lipinski definition) is 3. The Balaban J connectivity index is -0.0000000450. The third kappa shape index (κ3) is 247. The zero-order chi connectivity index (χ0) is 3.58. The molecule has 32 valence electrons. The summed E-state index contributed by atoms with van der Waals surface area (Å²) in [7, 11) is 0. The molecule has 0 saturated heterocycles. The van der Waals surface area contributed by atoms with Crippen LogP contribution in [0.1, 0.15) is 0 Å². The molecule has 0 aromatic heterocycles. The van der Waals surface area contributed by atoms with Crippen molar-refractivity contribution in [2.45, 2.75) is 0 Å². The molecule has 1 unspecified atom stereocenters. The Bertz CT molecular complexity index is 33.8. The Morgan fingerprint density at radius 2 is 1.33 bits per heavy atom. The van der Waals surface area contributed by atoms with E-state index in [0.717, 1.165) is 0 Å². The largest absolute Gasteiger partial charge is 2.00 e. The van der Waals surface area contributed by atoms with Crippen LogP contribution in [0.4, 0.5) is 4.79 Å². The Morgan fingerprint density at radius 1 is 1.33 bits per heavy atom. The van der Waals surface area contributed by atoms with Gasteiger partial charge in [0.2, 0.25) is 0 Å². The summed E-state index contributed by atoms with van der Waals surface area (Å²) in [5, 5.41) is 16.7. The molecule has 0 aliphatic carbocycles. The second-order valence-corrected chi connectivity index (χ2v) is 0.250. The SMILES string of the molecule is O=C([O-])[O-].P.[Mg+2]. The zero-order valence-electron chi connectivity index (χ0n) is 3.14. The summed E-state index contributed by atoms with van der Waals surface area (Å²) in [5.41, 5.74) is 0. The molecule has 3 nitrogen and oxygen atoms in total. The average molecular weight is 118 g/mol. The monoisotopic (exact) mass is 118 g/mol. The quantitative estimate of drug-likeness (QED) is 0.255. The first-order chi connectivity index (χ1) is 1.73. The van der Waals surface area contributed by atoms with Crippen molar-refractivity contribution in [3.8, 4) is 0 Å². The summed E-state index contributed by atoms with van der Waals surface area (Å²) in [4.78, 5) is 8.33. The van der Waals surface area contributed by atoms with Gasteiger partial charge in [-0.2, -0.15) is 9.90 Å². The fourth-order valence-corrected chi connectivity index (χ4v) is 0. The second-order valence-electron chi connectivity index (χ2n) is 0.250. The first-order valence-electron chi connectivity index (χ1n) is 0.612. The van der Waals surface area contributed by atoms with E-state index in [9.17, 15) is 0 Å². The standard InChI is InChI=1S/CH2O3.Mg.H3P/c2-1(3)4;;/h(H2,2,3,4);;1H3/q;+2;/p-2. The van der Waals surface area contributed by atoms with Crippen molar-refractivity contribution in [3.63, 3.8) is 0 Å². The summed E-state index contributed by atoms with van der Waals surface area (Å²) in [6.45, 7) is 0. The van der Waals surface area contributed by atoms with E-state index in [1.54, 1.807) is 0 Å². The van der Waals surface area contributed by atoms with Crippen molar-refractivity contribution >= 4 is 39.1 Å². The van der Waals surface area contributed by atoms with Gasteiger partial charge in [0, 0.05) is 0 Å². The Morgan fingerprint density at radius 3 is 1.33 bits per heavy atom. The van der Waals surface area contributed by atoms with Crippen LogP contribution in [0, 0.1) is 0 Å². The fourth-order valence-electron chi connectivity index (χ4n) is 0. The average Bonchev–Trinajstić information content (AvgIpc) is 0.811. The molecule has 0 heterocycles. The normalized spacial score (nSPS) is 4.00. The van der Waals surface area contributed by atoms with Crippen LogP contribution in [0.25, 0.3) is 0 Å². The molecule has 0 radical (unpaired) electrons. The zero-order valence-corrected chi connectivity index (χ0v) is 5.97. The van der Waals surface area contributed by atoms with E-state index < -0.39 is 6.16 Å². The number of carboxylic acid groups (broad SMARTS) is 2. The molecule has 0 saturated carbocycles. The van der Waals surface area contributed by atoms with E-state index >= 15 is 0 Å². The van der Waals surface area contributed by atoms with Gasteiger partial charge in [0.1, 0.15) is 0 Å². The summed E-state index contributed by atoms with van der Waals surface area (Å²) in [6.07, 6.45) is -2.33. The topological polar surface area (TPSA) is 63.2 Å². The van der Waals surface area contributed by atoms with Gasteiger partial charge >= 0.3 is 23.1 Å². The maximum atomic E-state index is 8.33. The van der Waals surface area contributed by atoms with E-state index in [4.69, 9.17) is 15.0 Å². The first kappa shape index (κ1) is 16.1. The molecule has 0 fully saturated rings. The summed E-state index contributed by atoms with van der Waals surface area (Å²) < 4.78 is 0. The molecule has 0 aliphatic rings. The van der Waals surface area contributed by atoms with Crippen molar-refractivity contribution < 1.29 is 15.0 Å². The predicted octanol–water partition coefficient (Wildman–Crippen LogP) is -2.77. The van der Waals surface area contributed by atoms with Gasteiger partial charge in [0.15, 0.2) is 0 Å². The minimum Gasteiger partial charge on any atom is -0.652 e. The number of rotatable bonds is 0. The summed E-state index contributed by atoms with van der Waals surface area (Å²) in [6, 6.07) is 0. The molecule has 0 aromatic carbocycles. The fraction of sp³-hybridized carbons (Fsp3) is 0. The van der Waals surface area contributed by atoms with Crippen molar-refractivity contribution in [1.29, 1.82) is 0 Å². The third-order valence-corrected chi connectivity index (χ3v) is 0. The van der Waals surface area contributed by atoms with Gasteiger partial charge < -0.3 is 15.0 Å². The Labute approximate surface area is 54.5 Å². The van der Waals surface area contributed by atoms with Gasteiger partial charge in [0.25, 0.3) is 0 Å². The van der Waals surface area contributed by atoms with E-state index in [1.807, 2.05) is 0 Å². The molecular weight excluding hydrogens is 115 g/mol. The first-order valence-corrected chi connectivity index (χ1v) is 0.612. The van der Waals surface area contributed by atoms with Crippen molar-refractivity contribution in [3.05, 3.63) is 0 Å². The molecule has 0 N–H and O–H groups in total. The molecule has 0 amide bonds. The summed E-state index contributed by atoms with van der Waals surface area (Å²) >= 11 is 0. The van der Waals surface area contributed by atoms with Gasteiger partial charge in [-0.3, -0.25) is 0 Å². The van der Waals surface area contributed by atoms with Crippen LogP contribution in [0.5, 0.6) is 0 Å². The molecule has 0 aliphatic heterocycles. The van der Waals surface area contributed by atoms with Crippen LogP contribution in [-0.4, -0.2) is 29.2 Å². The smallest absolute Gasteiger partial charge is 0.652 e. The third-order valence-electron chi connectivity index (χ3n) is 0.